The highest BCUT2D eigenvalue weighted by Gasteiger charge is 2.30. The maximum Gasteiger partial charge on any atom is 0.237 e. The van der Waals surface area contributed by atoms with E-state index >= 15 is 0 Å². The average Bonchev–Trinajstić information content (AvgIpc) is 3.26. The zero-order valence-corrected chi connectivity index (χ0v) is 14.5. The van der Waals surface area contributed by atoms with Crippen LogP contribution in [0.4, 0.5) is 0 Å². The topological polar surface area (TPSA) is 80.5 Å². The first kappa shape index (κ1) is 17.6. The molecule has 0 bridgehead atoms. The standard InChI is InChI=1S/C18H24N4O3/c1-24-13-16-20-17(25-21-16)9-10-19-18(23)15-8-5-11-22(15)12-14-6-3-2-4-7-14/h2-4,6-7,15H,5,8-13H2,1H3,(H,19,23)/t15-/m0/s1. The number of aromatic nitrogens is 2. The van der Waals surface area contributed by atoms with Crippen LogP contribution in [0.25, 0.3) is 0 Å². The molecule has 0 radical (unpaired) electrons. The Balaban J connectivity index is 1.46. The second-order valence-corrected chi connectivity index (χ2v) is 6.19. The average molecular weight is 344 g/mol. The number of nitrogens with one attached hydrogen (secondary N) is 1. The van der Waals surface area contributed by atoms with E-state index in [1.807, 2.05) is 18.2 Å². The van der Waals surface area contributed by atoms with Crippen LogP contribution in [0, 0.1) is 0 Å². The molecule has 2 aromatic rings. The number of carbonyl (C=O) groups is 1. The molecule has 3 rings (SSSR count). The summed E-state index contributed by atoms with van der Waals surface area (Å²) in [6, 6.07) is 10.2. The largest absolute Gasteiger partial charge is 0.377 e. The zero-order chi connectivity index (χ0) is 17.5. The lowest BCUT2D eigenvalue weighted by atomic mass is 10.1. The van der Waals surface area contributed by atoms with E-state index in [4.69, 9.17) is 9.26 Å². The van der Waals surface area contributed by atoms with Gasteiger partial charge in [-0.15, -0.1) is 0 Å². The maximum atomic E-state index is 12.5. The lowest BCUT2D eigenvalue weighted by Crippen LogP contribution is -2.43. The molecule has 134 valence electrons. The Bertz CT molecular complexity index is 674. The van der Waals surface area contributed by atoms with Crippen molar-refractivity contribution in [3.05, 3.63) is 47.6 Å². The van der Waals surface area contributed by atoms with Gasteiger partial charge in [-0.2, -0.15) is 4.98 Å². The molecule has 2 heterocycles. The molecule has 1 fully saturated rings. The molecular weight excluding hydrogens is 320 g/mol. The second kappa shape index (κ2) is 8.73. The van der Waals surface area contributed by atoms with Crippen LogP contribution in [0.5, 0.6) is 0 Å². The molecule has 1 aliphatic heterocycles. The molecule has 1 amide bonds. The van der Waals surface area contributed by atoms with E-state index in [1.165, 1.54) is 5.56 Å². The Kier molecular flexibility index (Phi) is 6.14. The number of nitrogens with zero attached hydrogens (tertiary/aromatic N) is 3. The van der Waals surface area contributed by atoms with E-state index in [-0.39, 0.29) is 11.9 Å². The van der Waals surface area contributed by atoms with Gasteiger partial charge in [0.1, 0.15) is 6.61 Å². The summed E-state index contributed by atoms with van der Waals surface area (Å²) in [5.41, 5.74) is 1.23. The minimum atomic E-state index is -0.0630. The normalized spacial score (nSPS) is 17.7. The van der Waals surface area contributed by atoms with Gasteiger partial charge in [0.05, 0.1) is 6.04 Å². The summed E-state index contributed by atoms with van der Waals surface area (Å²) in [4.78, 5) is 18.9. The van der Waals surface area contributed by atoms with Crippen molar-refractivity contribution < 1.29 is 14.1 Å². The van der Waals surface area contributed by atoms with Crippen molar-refractivity contribution in [2.24, 2.45) is 0 Å². The van der Waals surface area contributed by atoms with Crippen LogP contribution in [0.15, 0.2) is 34.9 Å². The van der Waals surface area contributed by atoms with Gasteiger partial charge in [0.15, 0.2) is 5.82 Å². The van der Waals surface area contributed by atoms with Gasteiger partial charge in [-0.25, -0.2) is 0 Å². The summed E-state index contributed by atoms with van der Waals surface area (Å²) < 4.78 is 10.1. The highest BCUT2D eigenvalue weighted by atomic mass is 16.5. The number of carbonyl (C=O) groups excluding carboxylic acids is 1. The summed E-state index contributed by atoms with van der Waals surface area (Å²) in [5.74, 6) is 1.11. The number of rotatable bonds is 8. The zero-order valence-electron chi connectivity index (χ0n) is 14.5. The molecule has 1 N–H and O–H groups in total. The van der Waals surface area contributed by atoms with Gasteiger partial charge in [-0.3, -0.25) is 9.69 Å². The molecule has 7 heteroatoms. The molecule has 0 unspecified atom stereocenters. The number of hydrogen-bond acceptors (Lipinski definition) is 6. The van der Waals surface area contributed by atoms with Crippen LogP contribution >= 0.6 is 0 Å². The van der Waals surface area contributed by atoms with Crippen molar-refractivity contribution in [2.45, 2.75) is 38.5 Å². The Morgan fingerprint density at radius 1 is 1.40 bits per heavy atom. The van der Waals surface area contributed by atoms with Crippen molar-refractivity contribution in [1.82, 2.24) is 20.4 Å². The molecule has 0 saturated carbocycles. The van der Waals surface area contributed by atoms with Crippen molar-refractivity contribution >= 4 is 5.91 Å². The summed E-state index contributed by atoms with van der Waals surface area (Å²) in [6.45, 7) is 2.58. The van der Waals surface area contributed by atoms with E-state index in [2.05, 4.69) is 32.5 Å². The Morgan fingerprint density at radius 3 is 3.04 bits per heavy atom. The molecule has 1 aromatic carbocycles. The SMILES string of the molecule is COCc1noc(CCNC(=O)[C@@H]2CCCN2Cc2ccccc2)n1. The number of likely N-dealkylation sites (tertiary alicyclic amines) is 1. The van der Waals surface area contributed by atoms with Crippen LogP contribution in [0.2, 0.25) is 0 Å². The molecular formula is C18H24N4O3. The Labute approximate surface area is 147 Å². The number of benzene rings is 1. The number of methoxy groups -OCH3 is 1. The van der Waals surface area contributed by atoms with Gasteiger partial charge in [0, 0.05) is 26.6 Å². The minimum absolute atomic E-state index is 0.0630. The smallest absolute Gasteiger partial charge is 0.237 e. The van der Waals surface area contributed by atoms with E-state index in [0.29, 0.717) is 31.3 Å². The minimum Gasteiger partial charge on any atom is -0.377 e. The van der Waals surface area contributed by atoms with Crippen LogP contribution in [-0.2, 0) is 29.1 Å². The predicted molar refractivity (Wildman–Crippen MR) is 91.6 cm³/mol. The van der Waals surface area contributed by atoms with E-state index in [9.17, 15) is 4.79 Å². The highest BCUT2D eigenvalue weighted by molar-refractivity contribution is 5.82. The third kappa shape index (κ3) is 4.87. The fourth-order valence-electron chi connectivity index (χ4n) is 3.12. The van der Waals surface area contributed by atoms with Crippen molar-refractivity contribution in [2.75, 3.05) is 20.2 Å². The van der Waals surface area contributed by atoms with Gasteiger partial charge in [-0.05, 0) is 24.9 Å². The van der Waals surface area contributed by atoms with Gasteiger partial charge in [0.2, 0.25) is 11.8 Å². The molecule has 1 saturated heterocycles. The molecule has 0 spiro atoms. The third-order valence-electron chi connectivity index (χ3n) is 4.32. The molecule has 1 atom stereocenters. The molecule has 0 aliphatic carbocycles. The van der Waals surface area contributed by atoms with Crippen molar-refractivity contribution in [3.8, 4) is 0 Å². The Morgan fingerprint density at radius 2 is 2.24 bits per heavy atom. The predicted octanol–water partition coefficient (Wildman–Crippen LogP) is 1.54. The molecule has 25 heavy (non-hydrogen) atoms. The fourth-order valence-corrected chi connectivity index (χ4v) is 3.12. The van der Waals surface area contributed by atoms with Gasteiger partial charge >= 0.3 is 0 Å². The Hall–Kier alpha value is -2.25. The fraction of sp³-hybridized carbons (Fsp3) is 0.500. The van der Waals surface area contributed by atoms with E-state index in [1.54, 1.807) is 7.11 Å². The lowest BCUT2D eigenvalue weighted by molar-refractivity contribution is -0.125. The number of ether oxygens (including phenoxy) is 1. The van der Waals surface area contributed by atoms with Gasteiger partial charge in [-0.1, -0.05) is 35.5 Å². The van der Waals surface area contributed by atoms with Crippen LogP contribution in [-0.4, -0.2) is 47.2 Å². The maximum absolute atomic E-state index is 12.5. The number of hydrogen-bond donors (Lipinski definition) is 1. The summed E-state index contributed by atoms with van der Waals surface area (Å²) in [7, 11) is 1.58. The molecule has 7 nitrogen and oxygen atoms in total. The van der Waals surface area contributed by atoms with Gasteiger partial charge < -0.3 is 14.6 Å². The second-order valence-electron chi connectivity index (χ2n) is 6.19. The van der Waals surface area contributed by atoms with E-state index in [0.717, 1.165) is 25.9 Å². The van der Waals surface area contributed by atoms with E-state index < -0.39 is 0 Å². The molecule has 1 aliphatic rings. The first-order chi connectivity index (χ1) is 12.3. The summed E-state index contributed by atoms with van der Waals surface area (Å²) in [5, 5.41) is 6.80. The van der Waals surface area contributed by atoms with Crippen molar-refractivity contribution in [3.63, 3.8) is 0 Å². The van der Waals surface area contributed by atoms with Crippen LogP contribution in [0.3, 0.4) is 0 Å². The third-order valence-corrected chi connectivity index (χ3v) is 4.32. The summed E-state index contributed by atoms with van der Waals surface area (Å²) in [6.07, 6.45) is 2.47. The van der Waals surface area contributed by atoms with Crippen molar-refractivity contribution in [1.29, 1.82) is 0 Å². The quantitative estimate of drug-likeness (QED) is 0.782. The highest BCUT2D eigenvalue weighted by Crippen LogP contribution is 2.20. The number of amides is 1. The molecule has 1 aromatic heterocycles. The van der Waals surface area contributed by atoms with Crippen LogP contribution in [0.1, 0.15) is 30.1 Å². The summed E-state index contributed by atoms with van der Waals surface area (Å²) >= 11 is 0. The monoisotopic (exact) mass is 344 g/mol. The lowest BCUT2D eigenvalue weighted by Gasteiger charge is -2.23. The van der Waals surface area contributed by atoms with Crippen LogP contribution < -0.4 is 5.32 Å². The van der Waals surface area contributed by atoms with Gasteiger partial charge in [0.25, 0.3) is 0 Å². The first-order valence-corrected chi connectivity index (χ1v) is 8.62. The first-order valence-electron chi connectivity index (χ1n) is 8.62.